The third-order valence-electron chi connectivity index (χ3n) is 3.91. The van der Waals surface area contributed by atoms with Crippen LogP contribution in [0, 0.1) is 5.82 Å². The Morgan fingerprint density at radius 1 is 1.39 bits per heavy atom. The molecule has 1 saturated heterocycles. The molecule has 0 radical (unpaired) electrons. The van der Waals surface area contributed by atoms with Gasteiger partial charge in [-0.1, -0.05) is 11.6 Å². The highest BCUT2D eigenvalue weighted by Gasteiger charge is 2.43. The molecule has 0 N–H and O–H groups in total. The van der Waals surface area contributed by atoms with Gasteiger partial charge in [0.05, 0.1) is 17.2 Å². The molecule has 1 aliphatic carbocycles. The van der Waals surface area contributed by atoms with E-state index in [-0.39, 0.29) is 16.7 Å². The van der Waals surface area contributed by atoms with Crippen LogP contribution in [0.2, 0.25) is 5.02 Å². The number of halogens is 2. The molecular formula is C14H16ClFO2. The summed E-state index contributed by atoms with van der Waals surface area (Å²) in [6.07, 6.45) is 5.40. The number of ether oxygens (including phenoxy) is 2. The van der Waals surface area contributed by atoms with Gasteiger partial charge < -0.3 is 9.47 Å². The molecule has 1 heterocycles. The maximum atomic E-state index is 13.3. The minimum atomic E-state index is -0.431. The Kier molecular flexibility index (Phi) is 3.20. The monoisotopic (exact) mass is 270 g/mol. The lowest BCUT2D eigenvalue weighted by atomic mass is 9.74. The smallest absolute Gasteiger partial charge is 0.145 e. The minimum absolute atomic E-state index is 0.0495. The zero-order valence-electron chi connectivity index (χ0n) is 10.1. The van der Waals surface area contributed by atoms with Crippen molar-refractivity contribution in [3.8, 4) is 5.75 Å². The van der Waals surface area contributed by atoms with Crippen LogP contribution in [0.3, 0.4) is 0 Å². The van der Waals surface area contributed by atoms with Crippen LogP contribution < -0.4 is 4.74 Å². The van der Waals surface area contributed by atoms with Gasteiger partial charge >= 0.3 is 0 Å². The molecule has 1 saturated carbocycles. The third-order valence-corrected chi connectivity index (χ3v) is 4.21. The average Bonchev–Trinajstić information content (AvgIpc) is 2.32. The summed E-state index contributed by atoms with van der Waals surface area (Å²) in [5.74, 6) is 0.123. The highest BCUT2D eigenvalue weighted by atomic mass is 35.5. The van der Waals surface area contributed by atoms with E-state index in [9.17, 15) is 4.39 Å². The zero-order valence-corrected chi connectivity index (χ0v) is 10.9. The molecule has 1 unspecified atom stereocenters. The molecule has 3 rings (SSSR count). The fraction of sp³-hybridized carbons (Fsp3) is 0.571. The molecule has 1 aliphatic heterocycles. The summed E-state index contributed by atoms with van der Waals surface area (Å²) in [6.45, 7) is 0.737. The molecule has 2 aliphatic rings. The molecule has 1 spiro atoms. The van der Waals surface area contributed by atoms with Gasteiger partial charge in [-0.15, -0.1) is 0 Å². The lowest BCUT2D eigenvalue weighted by molar-refractivity contribution is -0.153. The Hall–Kier alpha value is -0.800. The van der Waals surface area contributed by atoms with Crippen molar-refractivity contribution < 1.29 is 13.9 Å². The van der Waals surface area contributed by atoms with Crippen molar-refractivity contribution >= 4 is 11.6 Å². The van der Waals surface area contributed by atoms with Gasteiger partial charge in [0.25, 0.3) is 0 Å². The normalized spacial score (nSPS) is 25.8. The van der Waals surface area contributed by atoms with E-state index in [1.54, 1.807) is 6.07 Å². The van der Waals surface area contributed by atoms with E-state index < -0.39 is 5.82 Å². The predicted octanol–water partition coefficient (Wildman–Crippen LogP) is 3.96. The summed E-state index contributed by atoms with van der Waals surface area (Å²) in [5.41, 5.74) is 0.0495. The molecule has 4 heteroatoms. The Bertz CT molecular complexity index is 445. The van der Waals surface area contributed by atoms with Gasteiger partial charge in [-0.3, -0.25) is 0 Å². The summed E-state index contributed by atoms with van der Waals surface area (Å²) in [7, 11) is 0. The van der Waals surface area contributed by atoms with Crippen LogP contribution in [0.5, 0.6) is 5.75 Å². The van der Waals surface area contributed by atoms with Crippen molar-refractivity contribution in [1.82, 2.24) is 0 Å². The first kappa shape index (κ1) is 12.2. The second kappa shape index (κ2) is 4.71. The summed E-state index contributed by atoms with van der Waals surface area (Å²) in [4.78, 5) is 0. The van der Waals surface area contributed by atoms with Gasteiger partial charge in [-0.2, -0.15) is 0 Å². The fourth-order valence-electron chi connectivity index (χ4n) is 2.75. The van der Waals surface area contributed by atoms with Gasteiger partial charge in [0.15, 0.2) is 0 Å². The maximum Gasteiger partial charge on any atom is 0.145 e. The van der Waals surface area contributed by atoms with Crippen molar-refractivity contribution in [1.29, 1.82) is 0 Å². The second-order valence-electron chi connectivity index (χ2n) is 5.19. The molecule has 2 fully saturated rings. The Morgan fingerprint density at radius 3 is 2.89 bits per heavy atom. The average molecular weight is 271 g/mol. The van der Waals surface area contributed by atoms with Gasteiger partial charge in [-0.05, 0) is 31.4 Å². The molecule has 1 atom stereocenters. The third kappa shape index (κ3) is 2.34. The fourth-order valence-corrected chi connectivity index (χ4v) is 2.86. The van der Waals surface area contributed by atoms with Crippen molar-refractivity contribution in [2.24, 2.45) is 0 Å². The van der Waals surface area contributed by atoms with E-state index in [0.29, 0.717) is 5.75 Å². The van der Waals surface area contributed by atoms with Crippen LogP contribution in [0.25, 0.3) is 0 Å². The van der Waals surface area contributed by atoms with Gasteiger partial charge in [0.1, 0.15) is 17.7 Å². The highest BCUT2D eigenvalue weighted by molar-refractivity contribution is 6.30. The van der Waals surface area contributed by atoms with E-state index in [4.69, 9.17) is 21.1 Å². The van der Waals surface area contributed by atoms with E-state index >= 15 is 0 Å². The van der Waals surface area contributed by atoms with E-state index in [0.717, 1.165) is 32.3 Å². The van der Waals surface area contributed by atoms with Crippen LogP contribution in [0.1, 0.15) is 32.1 Å². The molecular weight excluding hydrogens is 255 g/mol. The Morgan fingerprint density at radius 2 is 2.22 bits per heavy atom. The SMILES string of the molecule is Fc1cc(OC2CCOC3(CCC3)C2)ccc1Cl. The molecule has 0 aromatic heterocycles. The number of rotatable bonds is 2. The predicted molar refractivity (Wildman–Crippen MR) is 67.6 cm³/mol. The summed E-state index contributed by atoms with van der Waals surface area (Å²) in [5, 5.41) is 0.129. The van der Waals surface area contributed by atoms with Crippen LogP contribution >= 0.6 is 11.6 Å². The van der Waals surface area contributed by atoms with Crippen molar-refractivity contribution in [3.63, 3.8) is 0 Å². The Balaban J connectivity index is 1.66. The second-order valence-corrected chi connectivity index (χ2v) is 5.60. The minimum Gasteiger partial charge on any atom is -0.490 e. The van der Waals surface area contributed by atoms with E-state index in [2.05, 4.69) is 0 Å². The molecule has 0 bridgehead atoms. The van der Waals surface area contributed by atoms with E-state index in [1.807, 2.05) is 0 Å². The van der Waals surface area contributed by atoms with Crippen molar-refractivity contribution in [3.05, 3.63) is 29.0 Å². The van der Waals surface area contributed by atoms with Crippen LogP contribution in [0.4, 0.5) is 4.39 Å². The Labute approximate surface area is 111 Å². The molecule has 1 aromatic rings. The molecule has 2 nitrogen and oxygen atoms in total. The molecule has 0 amide bonds. The first-order chi connectivity index (χ1) is 8.67. The molecule has 18 heavy (non-hydrogen) atoms. The largest absolute Gasteiger partial charge is 0.490 e. The highest BCUT2D eigenvalue weighted by Crippen LogP contribution is 2.43. The summed E-state index contributed by atoms with van der Waals surface area (Å²) < 4.78 is 25.0. The first-order valence-electron chi connectivity index (χ1n) is 6.43. The standard InChI is InChI=1S/C14H16ClFO2/c15-12-3-2-10(8-13(12)16)18-11-4-7-17-14(9-11)5-1-6-14/h2-3,8,11H,1,4-7,9H2. The summed E-state index contributed by atoms with van der Waals surface area (Å²) in [6, 6.07) is 4.60. The molecule has 1 aromatic carbocycles. The number of hydrogen-bond acceptors (Lipinski definition) is 2. The topological polar surface area (TPSA) is 18.5 Å². The lowest BCUT2D eigenvalue weighted by Gasteiger charge is -2.46. The van der Waals surface area contributed by atoms with Crippen LogP contribution in [-0.2, 0) is 4.74 Å². The lowest BCUT2D eigenvalue weighted by Crippen LogP contribution is -2.48. The first-order valence-corrected chi connectivity index (χ1v) is 6.80. The molecule has 98 valence electrons. The van der Waals surface area contributed by atoms with Gasteiger partial charge in [-0.25, -0.2) is 4.39 Å². The van der Waals surface area contributed by atoms with Gasteiger partial charge in [0.2, 0.25) is 0 Å². The zero-order chi connectivity index (χ0) is 12.6. The van der Waals surface area contributed by atoms with Crippen molar-refractivity contribution in [2.75, 3.05) is 6.61 Å². The number of hydrogen-bond donors (Lipinski definition) is 0. The van der Waals surface area contributed by atoms with E-state index in [1.165, 1.54) is 18.6 Å². The van der Waals surface area contributed by atoms with Crippen molar-refractivity contribution in [2.45, 2.75) is 43.8 Å². The number of benzene rings is 1. The quantitative estimate of drug-likeness (QED) is 0.810. The maximum absolute atomic E-state index is 13.3. The summed E-state index contributed by atoms with van der Waals surface area (Å²) >= 11 is 5.65. The van der Waals surface area contributed by atoms with Crippen LogP contribution in [-0.4, -0.2) is 18.3 Å². The van der Waals surface area contributed by atoms with Crippen LogP contribution in [0.15, 0.2) is 18.2 Å². The van der Waals surface area contributed by atoms with Gasteiger partial charge in [0, 0.05) is 18.9 Å².